The Morgan fingerprint density at radius 3 is 2.76 bits per heavy atom. The minimum atomic E-state index is 0.375. The van der Waals surface area contributed by atoms with Gasteiger partial charge in [-0.2, -0.15) is 0 Å². The van der Waals surface area contributed by atoms with E-state index in [1.165, 1.54) is 57.9 Å². The molecule has 1 saturated heterocycles. The zero-order chi connectivity index (χ0) is 11.8. The quantitative estimate of drug-likeness (QED) is 0.629. The van der Waals surface area contributed by atoms with Gasteiger partial charge in [0.25, 0.3) is 0 Å². The molecule has 100 valence electrons. The van der Waals surface area contributed by atoms with Crippen LogP contribution in [0.1, 0.15) is 51.4 Å². The molecule has 3 nitrogen and oxygen atoms in total. The number of rotatable bonds is 9. The molecule has 0 aromatic rings. The maximum atomic E-state index is 5.67. The summed E-state index contributed by atoms with van der Waals surface area (Å²) in [5.74, 6) is 0. The van der Waals surface area contributed by atoms with Crippen LogP contribution in [0, 0.1) is 0 Å². The molecule has 3 heteroatoms. The fourth-order valence-corrected chi connectivity index (χ4v) is 2.25. The SMILES string of the molecule is C(CCNC1CC1)CCOCC1CCCCO1. The van der Waals surface area contributed by atoms with Crippen LogP contribution >= 0.6 is 0 Å². The topological polar surface area (TPSA) is 30.5 Å². The van der Waals surface area contributed by atoms with Crippen molar-refractivity contribution < 1.29 is 9.47 Å². The summed E-state index contributed by atoms with van der Waals surface area (Å²) in [6, 6.07) is 0.856. The van der Waals surface area contributed by atoms with Crippen molar-refractivity contribution in [2.24, 2.45) is 0 Å². The van der Waals surface area contributed by atoms with E-state index in [1.54, 1.807) is 0 Å². The molecule has 1 unspecified atom stereocenters. The summed E-state index contributed by atoms with van der Waals surface area (Å²) in [5.41, 5.74) is 0. The summed E-state index contributed by atoms with van der Waals surface area (Å²) >= 11 is 0. The van der Waals surface area contributed by atoms with E-state index in [2.05, 4.69) is 5.32 Å². The first-order chi connectivity index (χ1) is 8.45. The van der Waals surface area contributed by atoms with E-state index < -0.39 is 0 Å². The molecule has 2 aliphatic rings. The van der Waals surface area contributed by atoms with E-state index in [0.29, 0.717) is 6.10 Å². The third kappa shape index (κ3) is 6.39. The molecule has 1 aliphatic heterocycles. The van der Waals surface area contributed by atoms with Gasteiger partial charge in [0, 0.05) is 19.3 Å². The Morgan fingerprint density at radius 2 is 2.00 bits per heavy atom. The first kappa shape index (κ1) is 13.3. The summed E-state index contributed by atoms with van der Waals surface area (Å²) in [5, 5.41) is 3.54. The van der Waals surface area contributed by atoms with Crippen molar-refractivity contribution in [3.63, 3.8) is 0 Å². The van der Waals surface area contributed by atoms with E-state index in [-0.39, 0.29) is 0 Å². The van der Waals surface area contributed by atoms with Crippen molar-refractivity contribution in [3.8, 4) is 0 Å². The predicted molar refractivity (Wildman–Crippen MR) is 69.3 cm³/mol. The number of ether oxygens (including phenoxy) is 2. The van der Waals surface area contributed by atoms with Crippen molar-refractivity contribution in [2.75, 3.05) is 26.4 Å². The van der Waals surface area contributed by atoms with Crippen molar-refractivity contribution in [1.82, 2.24) is 5.32 Å². The fraction of sp³-hybridized carbons (Fsp3) is 1.00. The van der Waals surface area contributed by atoms with Crippen LogP contribution in [0.2, 0.25) is 0 Å². The van der Waals surface area contributed by atoms with E-state index in [9.17, 15) is 0 Å². The Morgan fingerprint density at radius 1 is 1.06 bits per heavy atom. The van der Waals surface area contributed by atoms with Crippen molar-refractivity contribution in [3.05, 3.63) is 0 Å². The number of hydrogen-bond acceptors (Lipinski definition) is 3. The van der Waals surface area contributed by atoms with Crippen LogP contribution in [-0.2, 0) is 9.47 Å². The van der Waals surface area contributed by atoms with E-state index in [1.807, 2.05) is 0 Å². The van der Waals surface area contributed by atoms with Gasteiger partial charge in [-0.25, -0.2) is 0 Å². The molecule has 17 heavy (non-hydrogen) atoms. The average molecular weight is 241 g/mol. The monoisotopic (exact) mass is 241 g/mol. The van der Waals surface area contributed by atoms with Crippen LogP contribution in [0.15, 0.2) is 0 Å². The van der Waals surface area contributed by atoms with Gasteiger partial charge in [0.1, 0.15) is 0 Å². The molecule has 2 rings (SSSR count). The lowest BCUT2D eigenvalue weighted by Crippen LogP contribution is -2.24. The van der Waals surface area contributed by atoms with Crippen molar-refractivity contribution >= 4 is 0 Å². The molecular weight excluding hydrogens is 214 g/mol. The minimum Gasteiger partial charge on any atom is -0.379 e. The standard InChI is InChI=1S/C14H27NO2/c1(3-9-15-13-7-8-13)4-10-16-12-14-6-2-5-11-17-14/h13-15H,1-12H2. The highest BCUT2D eigenvalue weighted by molar-refractivity contribution is 4.80. The molecule has 0 aromatic carbocycles. The van der Waals surface area contributed by atoms with Crippen LogP contribution in [0.4, 0.5) is 0 Å². The smallest absolute Gasteiger partial charge is 0.0808 e. The molecule has 1 heterocycles. The first-order valence-electron chi connectivity index (χ1n) is 7.38. The van der Waals surface area contributed by atoms with Gasteiger partial charge >= 0.3 is 0 Å². The van der Waals surface area contributed by atoms with E-state index >= 15 is 0 Å². The Bertz CT molecular complexity index is 189. The van der Waals surface area contributed by atoms with Crippen LogP contribution < -0.4 is 5.32 Å². The highest BCUT2D eigenvalue weighted by Crippen LogP contribution is 2.18. The lowest BCUT2D eigenvalue weighted by atomic mass is 10.1. The lowest BCUT2D eigenvalue weighted by molar-refractivity contribution is -0.0411. The zero-order valence-corrected chi connectivity index (χ0v) is 11.0. The molecule has 1 aliphatic carbocycles. The second-order valence-electron chi connectivity index (χ2n) is 5.35. The van der Waals surface area contributed by atoms with E-state index in [4.69, 9.17) is 9.47 Å². The normalized spacial score (nSPS) is 25.1. The predicted octanol–water partition coefficient (Wildman–Crippen LogP) is 2.49. The second kappa shape index (κ2) is 8.06. The number of hydrogen-bond donors (Lipinski definition) is 1. The maximum absolute atomic E-state index is 5.67. The molecule has 2 fully saturated rings. The summed E-state index contributed by atoms with van der Waals surface area (Å²) < 4.78 is 11.3. The second-order valence-corrected chi connectivity index (χ2v) is 5.35. The van der Waals surface area contributed by atoms with Gasteiger partial charge in [0.2, 0.25) is 0 Å². The molecule has 1 atom stereocenters. The van der Waals surface area contributed by atoms with Crippen molar-refractivity contribution in [1.29, 1.82) is 0 Å². The van der Waals surface area contributed by atoms with Crippen LogP contribution in [0.25, 0.3) is 0 Å². The average Bonchev–Trinajstić information content (AvgIpc) is 3.18. The number of nitrogens with one attached hydrogen (secondary N) is 1. The third-order valence-corrected chi connectivity index (χ3v) is 3.55. The molecular formula is C14H27NO2. The highest BCUT2D eigenvalue weighted by atomic mass is 16.5. The molecule has 1 saturated carbocycles. The molecule has 0 bridgehead atoms. The fourth-order valence-electron chi connectivity index (χ4n) is 2.25. The largest absolute Gasteiger partial charge is 0.379 e. The first-order valence-corrected chi connectivity index (χ1v) is 7.38. The summed E-state index contributed by atoms with van der Waals surface area (Å²) in [4.78, 5) is 0. The van der Waals surface area contributed by atoms with Gasteiger partial charge < -0.3 is 14.8 Å². The van der Waals surface area contributed by atoms with Gasteiger partial charge in [0.15, 0.2) is 0 Å². The summed E-state index contributed by atoms with van der Waals surface area (Å²) in [6.45, 7) is 3.83. The Hall–Kier alpha value is -0.120. The Kier molecular flexibility index (Phi) is 6.32. The Labute approximate surface area is 105 Å². The lowest BCUT2D eigenvalue weighted by Gasteiger charge is -2.22. The van der Waals surface area contributed by atoms with Gasteiger partial charge in [-0.05, 0) is 57.9 Å². The van der Waals surface area contributed by atoms with Gasteiger partial charge in [0.05, 0.1) is 12.7 Å². The van der Waals surface area contributed by atoms with Gasteiger partial charge in [-0.1, -0.05) is 0 Å². The van der Waals surface area contributed by atoms with Crippen LogP contribution in [0.5, 0.6) is 0 Å². The molecule has 0 aromatic heterocycles. The summed E-state index contributed by atoms with van der Waals surface area (Å²) in [7, 11) is 0. The minimum absolute atomic E-state index is 0.375. The van der Waals surface area contributed by atoms with Crippen molar-refractivity contribution in [2.45, 2.75) is 63.5 Å². The molecule has 0 spiro atoms. The third-order valence-electron chi connectivity index (χ3n) is 3.55. The molecule has 0 amide bonds. The maximum Gasteiger partial charge on any atom is 0.0808 e. The Balaban J connectivity index is 1.31. The molecule has 1 N–H and O–H groups in total. The highest BCUT2D eigenvalue weighted by Gasteiger charge is 2.19. The van der Waals surface area contributed by atoms with E-state index in [0.717, 1.165) is 25.9 Å². The number of unbranched alkanes of at least 4 members (excludes halogenated alkanes) is 2. The summed E-state index contributed by atoms with van der Waals surface area (Å²) in [6.07, 6.45) is 10.6. The van der Waals surface area contributed by atoms with Crippen LogP contribution in [0.3, 0.4) is 0 Å². The molecule has 0 radical (unpaired) electrons. The van der Waals surface area contributed by atoms with Gasteiger partial charge in [-0.3, -0.25) is 0 Å². The van der Waals surface area contributed by atoms with Crippen LogP contribution in [-0.4, -0.2) is 38.5 Å². The zero-order valence-electron chi connectivity index (χ0n) is 11.0. The van der Waals surface area contributed by atoms with Gasteiger partial charge in [-0.15, -0.1) is 0 Å².